The van der Waals surface area contributed by atoms with Crippen molar-refractivity contribution in [2.75, 3.05) is 0 Å². The summed E-state index contributed by atoms with van der Waals surface area (Å²) in [4.78, 5) is 13.0. The highest BCUT2D eigenvalue weighted by molar-refractivity contribution is 5.86. The third kappa shape index (κ3) is 2.53. The number of hydrogen-bond acceptors (Lipinski definition) is 4. The van der Waals surface area contributed by atoms with Crippen LogP contribution in [0.5, 0.6) is 0 Å². The fourth-order valence-electron chi connectivity index (χ4n) is 3.24. The second-order valence-electron chi connectivity index (χ2n) is 6.54. The monoisotopic (exact) mass is 333 g/mol. The van der Waals surface area contributed by atoms with Gasteiger partial charge in [0, 0.05) is 30.2 Å². The third-order valence-electron chi connectivity index (χ3n) is 4.42. The van der Waals surface area contributed by atoms with Crippen molar-refractivity contribution in [2.24, 2.45) is 12.8 Å². The molecule has 0 fully saturated rings. The Bertz CT molecular complexity index is 1170. The average molecular weight is 333 g/mol. The van der Waals surface area contributed by atoms with E-state index in [0.29, 0.717) is 22.3 Å². The van der Waals surface area contributed by atoms with Crippen molar-refractivity contribution in [2.45, 2.75) is 19.9 Å². The zero-order valence-electron chi connectivity index (χ0n) is 14.4. The molecular weight excluding hydrogens is 314 g/mol. The summed E-state index contributed by atoms with van der Waals surface area (Å²) in [6.07, 6.45) is 1.94. The molecule has 1 unspecified atom stereocenters. The van der Waals surface area contributed by atoms with Crippen LogP contribution in [0.15, 0.2) is 51.8 Å². The molecule has 0 spiro atoms. The number of aromatic nitrogens is 2. The van der Waals surface area contributed by atoms with Crippen LogP contribution < -0.4 is 11.2 Å². The van der Waals surface area contributed by atoms with E-state index in [1.54, 1.807) is 11.6 Å². The van der Waals surface area contributed by atoms with Gasteiger partial charge >= 0.3 is 0 Å². The van der Waals surface area contributed by atoms with Crippen molar-refractivity contribution in [3.8, 4) is 11.3 Å². The van der Waals surface area contributed by atoms with Gasteiger partial charge in [-0.2, -0.15) is 5.10 Å². The van der Waals surface area contributed by atoms with Gasteiger partial charge in [0.05, 0.1) is 16.5 Å². The Labute approximate surface area is 144 Å². The van der Waals surface area contributed by atoms with Crippen molar-refractivity contribution >= 4 is 21.9 Å². The quantitative estimate of drug-likeness (QED) is 0.607. The molecule has 4 rings (SSSR count). The van der Waals surface area contributed by atoms with E-state index >= 15 is 0 Å². The minimum absolute atomic E-state index is 0.0683. The molecule has 2 aromatic carbocycles. The first kappa shape index (κ1) is 15.6. The second-order valence-corrected chi connectivity index (χ2v) is 6.54. The highest BCUT2D eigenvalue weighted by Gasteiger charge is 2.19. The smallest absolute Gasteiger partial charge is 0.198 e. The molecule has 5 nitrogen and oxygen atoms in total. The van der Waals surface area contributed by atoms with Crippen molar-refractivity contribution in [1.82, 2.24) is 9.78 Å². The van der Waals surface area contributed by atoms with E-state index in [1.807, 2.05) is 56.6 Å². The zero-order chi connectivity index (χ0) is 17.7. The molecule has 0 saturated carbocycles. The van der Waals surface area contributed by atoms with Crippen molar-refractivity contribution in [3.05, 3.63) is 63.9 Å². The van der Waals surface area contributed by atoms with Gasteiger partial charge < -0.3 is 10.2 Å². The predicted molar refractivity (Wildman–Crippen MR) is 99.5 cm³/mol. The summed E-state index contributed by atoms with van der Waals surface area (Å²) >= 11 is 0. The molecule has 1 atom stereocenters. The summed E-state index contributed by atoms with van der Waals surface area (Å²) in [6.45, 7) is 3.76. The number of rotatable bonds is 2. The Morgan fingerprint density at radius 1 is 1.20 bits per heavy atom. The fraction of sp³-hybridized carbons (Fsp3) is 0.200. The Morgan fingerprint density at radius 3 is 2.76 bits per heavy atom. The van der Waals surface area contributed by atoms with Gasteiger partial charge in [-0.05, 0) is 44.2 Å². The molecule has 0 saturated heterocycles. The summed E-state index contributed by atoms with van der Waals surface area (Å²) in [7, 11) is 1.88. The number of fused-ring (bicyclic) bond motifs is 2. The van der Waals surface area contributed by atoms with Gasteiger partial charge in [0.15, 0.2) is 5.43 Å². The van der Waals surface area contributed by atoms with E-state index in [9.17, 15) is 4.79 Å². The van der Waals surface area contributed by atoms with Crippen LogP contribution in [0.1, 0.15) is 24.1 Å². The molecule has 0 radical (unpaired) electrons. The molecule has 2 aromatic heterocycles. The Hall–Kier alpha value is -2.92. The van der Waals surface area contributed by atoms with Crippen molar-refractivity contribution in [1.29, 1.82) is 0 Å². The molecular formula is C20H19N3O2. The van der Waals surface area contributed by atoms with Gasteiger partial charge in [0.25, 0.3) is 0 Å². The lowest BCUT2D eigenvalue weighted by molar-refractivity contribution is 0.600. The van der Waals surface area contributed by atoms with E-state index in [4.69, 9.17) is 10.2 Å². The lowest BCUT2D eigenvalue weighted by atomic mass is 9.99. The van der Waals surface area contributed by atoms with E-state index < -0.39 is 6.04 Å². The number of nitrogens with zero attached hydrogens (tertiary/aromatic N) is 2. The number of hydrogen-bond donors (Lipinski definition) is 1. The van der Waals surface area contributed by atoms with Crippen LogP contribution in [-0.2, 0) is 7.05 Å². The molecule has 0 bridgehead atoms. The maximum Gasteiger partial charge on any atom is 0.198 e. The first-order valence-electron chi connectivity index (χ1n) is 8.21. The van der Waals surface area contributed by atoms with Crippen LogP contribution in [0.4, 0.5) is 0 Å². The molecule has 5 heteroatoms. The maximum absolute atomic E-state index is 13.0. The maximum atomic E-state index is 13.0. The van der Waals surface area contributed by atoms with Gasteiger partial charge in [-0.15, -0.1) is 0 Å². The van der Waals surface area contributed by atoms with Crippen LogP contribution >= 0.6 is 0 Å². The van der Waals surface area contributed by atoms with Gasteiger partial charge in [-0.25, -0.2) is 0 Å². The van der Waals surface area contributed by atoms with Crippen LogP contribution in [0.2, 0.25) is 0 Å². The average Bonchev–Trinajstić information content (AvgIpc) is 2.94. The summed E-state index contributed by atoms with van der Waals surface area (Å²) < 4.78 is 7.89. The molecule has 0 aliphatic rings. The van der Waals surface area contributed by atoms with E-state index in [0.717, 1.165) is 22.0 Å². The molecule has 0 aliphatic heterocycles. The number of benzene rings is 2. The Kier molecular flexibility index (Phi) is 3.47. The van der Waals surface area contributed by atoms with E-state index in [1.165, 1.54) is 0 Å². The topological polar surface area (TPSA) is 74.1 Å². The van der Waals surface area contributed by atoms with E-state index in [2.05, 4.69) is 5.10 Å². The van der Waals surface area contributed by atoms with Crippen LogP contribution in [0, 0.1) is 6.92 Å². The van der Waals surface area contributed by atoms with Gasteiger partial charge in [0.2, 0.25) is 0 Å². The molecule has 25 heavy (non-hydrogen) atoms. The normalized spacial score (nSPS) is 12.8. The minimum Gasteiger partial charge on any atom is -0.455 e. The minimum atomic E-state index is -0.430. The SMILES string of the molecule is Cc1ccc2oc(-c3ccc4nn(C)cc4c3)c(C(C)N)c(=O)c2c1. The first-order chi connectivity index (χ1) is 11.9. The van der Waals surface area contributed by atoms with Crippen LogP contribution in [0.25, 0.3) is 33.2 Å². The third-order valence-corrected chi connectivity index (χ3v) is 4.42. The summed E-state index contributed by atoms with van der Waals surface area (Å²) in [5.41, 5.74) is 9.86. The summed E-state index contributed by atoms with van der Waals surface area (Å²) in [5, 5.41) is 5.94. The fourth-order valence-corrected chi connectivity index (χ4v) is 3.24. The van der Waals surface area contributed by atoms with Crippen LogP contribution in [-0.4, -0.2) is 9.78 Å². The highest BCUT2D eigenvalue weighted by atomic mass is 16.3. The number of aryl methyl sites for hydroxylation is 2. The van der Waals surface area contributed by atoms with Crippen LogP contribution in [0.3, 0.4) is 0 Å². The highest BCUT2D eigenvalue weighted by Crippen LogP contribution is 2.31. The summed E-state index contributed by atoms with van der Waals surface area (Å²) in [6, 6.07) is 11.0. The van der Waals surface area contributed by atoms with Gasteiger partial charge in [0.1, 0.15) is 11.3 Å². The molecule has 2 heterocycles. The molecule has 0 amide bonds. The molecule has 4 aromatic rings. The molecule has 126 valence electrons. The van der Waals surface area contributed by atoms with Gasteiger partial charge in [-0.3, -0.25) is 9.48 Å². The van der Waals surface area contributed by atoms with Crippen molar-refractivity contribution < 1.29 is 4.42 Å². The largest absolute Gasteiger partial charge is 0.455 e. The van der Waals surface area contributed by atoms with E-state index in [-0.39, 0.29) is 5.43 Å². The Balaban J connectivity index is 2.06. The molecule has 2 N–H and O–H groups in total. The lowest BCUT2D eigenvalue weighted by Gasteiger charge is -2.13. The number of nitrogens with two attached hydrogens (primary N) is 1. The zero-order valence-corrected chi connectivity index (χ0v) is 14.4. The standard InChI is InChI=1S/C20H19N3O2/c1-11-4-7-17-15(8-11)19(24)18(12(2)21)20(25-17)13-5-6-16-14(9-13)10-23(3)22-16/h4-10,12H,21H2,1-3H3. The first-order valence-corrected chi connectivity index (χ1v) is 8.21. The van der Waals surface area contributed by atoms with Gasteiger partial charge in [-0.1, -0.05) is 11.6 Å². The lowest BCUT2D eigenvalue weighted by Crippen LogP contribution is -2.19. The Morgan fingerprint density at radius 2 is 2.00 bits per heavy atom. The molecule has 0 aliphatic carbocycles. The second kappa shape index (κ2) is 5.57. The summed E-state index contributed by atoms with van der Waals surface area (Å²) in [5.74, 6) is 0.530. The van der Waals surface area contributed by atoms with Crippen molar-refractivity contribution in [3.63, 3.8) is 0 Å². The predicted octanol–water partition coefficient (Wildman–Crippen LogP) is 3.67.